The third-order valence-corrected chi connectivity index (χ3v) is 2.52. The highest BCUT2D eigenvalue weighted by Gasteiger charge is 2.09. The van der Waals surface area contributed by atoms with Crippen molar-refractivity contribution >= 4 is 11.9 Å². The van der Waals surface area contributed by atoms with Crippen molar-refractivity contribution in [3.05, 3.63) is 24.8 Å². The average Bonchev–Trinajstić information content (AvgIpc) is 2.36. The first-order valence-corrected chi connectivity index (χ1v) is 7.51. The molecule has 0 aliphatic carbocycles. The molecule has 0 aliphatic rings. The Kier molecular flexibility index (Phi) is 11.3. The molecule has 0 aromatic heterocycles. The van der Waals surface area contributed by atoms with Gasteiger partial charge in [0.05, 0.1) is 42.3 Å². The summed E-state index contributed by atoms with van der Waals surface area (Å²) in [5.41, 5.74) is 0.455. The predicted molar refractivity (Wildman–Crippen MR) is 92.7 cm³/mol. The van der Waals surface area contributed by atoms with Crippen molar-refractivity contribution in [3.63, 3.8) is 0 Å². The average molecular weight is 330 g/mol. The molecule has 0 heterocycles. The van der Waals surface area contributed by atoms with Gasteiger partial charge in [0.15, 0.2) is 0 Å². The molecule has 0 unspecified atom stereocenters. The monoisotopic (exact) mass is 330 g/mol. The molecule has 0 spiro atoms. The highest BCUT2D eigenvalue weighted by molar-refractivity contribution is 5.86. The Morgan fingerprint density at radius 2 is 1.30 bits per heavy atom. The Bertz CT molecular complexity index is 404. The minimum absolute atomic E-state index is 0.302. The second-order valence-corrected chi connectivity index (χ2v) is 7.32. The first-order valence-electron chi connectivity index (χ1n) is 7.51. The summed E-state index contributed by atoms with van der Waals surface area (Å²) in [7, 11) is 12.3. The van der Waals surface area contributed by atoms with Crippen molar-refractivity contribution < 1.29 is 28.0 Å². The zero-order chi connectivity index (χ0) is 18.7. The molecule has 0 fully saturated rings. The van der Waals surface area contributed by atoms with Crippen molar-refractivity contribution in [3.8, 4) is 0 Å². The molecule has 0 radical (unpaired) electrons. The summed E-state index contributed by atoms with van der Waals surface area (Å²) < 4.78 is 11.3. The summed E-state index contributed by atoms with van der Waals surface area (Å²) in [6.07, 6.45) is 1.18. The van der Waals surface area contributed by atoms with Crippen LogP contribution in [-0.4, -0.2) is 89.5 Å². The number of likely N-dealkylation sites (N-methyl/N-ethyl adjacent to an activating group) is 2. The quantitative estimate of drug-likeness (QED) is 0.382. The van der Waals surface area contributed by atoms with E-state index in [9.17, 15) is 9.59 Å². The topological polar surface area (TPSA) is 52.6 Å². The molecule has 134 valence electrons. The first kappa shape index (κ1) is 23.6. The molecule has 0 bridgehead atoms. The van der Waals surface area contributed by atoms with E-state index < -0.39 is 0 Å². The van der Waals surface area contributed by atoms with Crippen molar-refractivity contribution in [1.82, 2.24) is 0 Å². The number of hydrogen-bond acceptors (Lipinski definition) is 4. The summed E-state index contributed by atoms with van der Waals surface area (Å²) >= 11 is 0. The maximum absolute atomic E-state index is 10.9. The van der Waals surface area contributed by atoms with E-state index in [-0.39, 0.29) is 11.9 Å². The molecule has 0 N–H and O–H groups in total. The number of carbonyl (C=O) groups is 2. The SMILES string of the molecule is C=C(C)C(=O)OCC[N+](C)(C)C.C=CC(=O)OCC[N+](C)(C)C. The van der Waals surface area contributed by atoms with E-state index in [1.165, 1.54) is 6.08 Å². The number of quaternary nitrogens is 2. The number of carbonyl (C=O) groups excluding carboxylic acids is 2. The number of rotatable bonds is 8. The molecule has 0 aromatic carbocycles. The van der Waals surface area contributed by atoms with Crippen LogP contribution >= 0.6 is 0 Å². The maximum Gasteiger partial charge on any atom is 0.333 e. The van der Waals surface area contributed by atoms with Crippen LogP contribution < -0.4 is 0 Å². The van der Waals surface area contributed by atoms with Gasteiger partial charge in [-0.3, -0.25) is 0 Å². The van der Waals surface area contributed by atoms with Gasteiger partial charge in [0, 0.05) is 11.6 Å². The minimum Gasteiger partial charge on any atom is -0.457 e. The van der Waals surface area contributed by atoms with Crippen LogP contribution in [0.15, 0.2) is 24.8 Å². The molecule has 0 saturated heterocycles. The lowest BCUT2D eigenvalue weighted by molar-refractivity contribution is -0.870. The highest BCUT2D eigenvalue weighted by Crippen LogP contribution is 1.94. The lowest BCUT2D eigenvalue weighted by Crippen LogP contribution is -2.38. The number of hydrogen-bond donors (Lipinski definition) is 0. The van der Waals surface area contributed by atoms with Crippen LogP contribution in [0.3, 0.4) is 0 Å². The van der Waals surface area contributed by atoms with E-state index in [0.717, 1.165) is 22.1 Å². The minimum atomic E-state index is -0.349. The molecule has 6 heteroatoms. The van der Waals surface area contributed by atoms with Crippen LogP contribution in [0.5, 0.6) is 0 Å². The predicted octanol–water partition coefficient (Wildman–Crippen LogP) is 1.23. The van der Waals surface area contributed by atoms with Crippen LogP contribution in [0.1, 0.15) is 6.92 Å². The smallest absolute Gasteiger partial charge is 0.333 e. The van der Waals surface area contributed by atoms with Crippen molar-refractivity contribution in [2.45, 2.75) is 6.92 Å². The molecule has 0 aromatic rings. The highest BCUT2D eigenvalue weighted by atomic mass is 16.5. The van der Waals surface area contributed by atoms with Crippen LogP contribution in [0, 0.1) is 0 Å². The zero-order valence-corrected chi connectivity index (χ0v) is 15.8. The van der Waals surface area contributed by atoms with Gasteiger partial charge < -0.3 is 18.4 Å². The van der Waals surface area contributed by atoms with E-state index in [1.54, 1.807) is 6.92 Å². The maximum atomic E-state index is 10.9. The summed E-state index contributed by atoms with van der Waals surface area (Å²) in [6, 6.07) is 0. The van der Waals surface area contributed by atoms with Gasteiger partial charge >= 0.3 is 11.9 Å². The second-order valence-electron chi connectivity index (χ2n) is 7.32. The third kappa shape index (κ3) is 20.3. The van der Waals surface area contributed by atoms with Gasteiger partial charge in [0.2, 0.25) is 0 Å². The molecule has 0 saturated carbocycles. The van der Waals surface area contributed by atoms with Crippen LogP contribution in [0.4, 0.5) is 0 Å². The van der Waals surface area contributed by atoms with E-state index in [4.69, 9.17) is 9.47 Å². The van der Waals surface area contributed by atoms with Gasteiger partial charge in [-0.1, -0.05) is 13.2 Å². The molecular formula is C17H34N2O4+2. The van der Waals surface area contributed by atoms with Crippen LogP contribution in [0.2, 0.25) is 0 Å². The Labute approximate surface area is 141 Å². The number of ether oxygens (including phenoxy) is 2. The Morgan fingerprint density at radius 3 is 1.61 bits per heavy atom. The lowest BCUT2D eigenvalue weighted by atomic mass is 10.4. The molecular weight excluding hydrogens is 296 g/mol. The fourth-order valence-electron chi connectivity index (χ4n) is 1.01. The van der Waals surface area contributed by atoms with E-state index in [1.807, 2.05) is 21.1 Å². The van der Waals surface area contributed by atoms with Gasteiger partial charge in [-0.2, -0.15) is 0 Å². The molecule has 23 heavy (non-hydrogen) atoms. The standard InChI is InChI=1S/C9H18NO2.C8H16NO2/c1-8(2)9(11)12-7-6-10(3,4)5;1-5-8(10)11-7-6-9(2,3)4/h1,6-7H2,2-5H3;5H,1,6-7H2,2-4H3/q2*+1. The molecule has 0 atom stereocenters. The van der Waals surface area contributed by atoms with Crippen molar-refractivity contribution in [2.75, 3.05) is 68.6 Å². The van der Waals surface area contributed by atoms with Gasteiger partial charge in [-0.25, -0.2) is 9.59 Å². The zero-order valence-electron chi connectivity index (χ0n) is 15.8. The van der Waals surface area contributed by atoms with E-state index >= 15 is 0 Å². The lowest BCUT2D eigenvalue weighted by Gasteiger charge is -2.23. The Hall–Kier alpha value is -1.66. The van der Waals surface area contributed by atoms with Crippen LogP contribution in [0.25, 0.3) is 0 Å². The fraction of sp³-hybridized carbons (Fsp3) is 0.647. The van der Waals surface area contributed by atoms with Gasteiger partial charge in [-0.15, -0.1) is 0 Å². The molecule has 6 nitrogen and oxygen atoms in total. The second kappa shape index (κ2) is 11.0. The Balaban J connectivity index is 0. The van der Waals surface area contributed by atoms with Crippen molar-refractivity contribution in [2.24, 2.45) is 0 Å². The fourth-order valence-corrected chi connectivity index (χ4v) is 1.01. The summed E-state index contributed by atoms with van der Waals surface area (Å²) in [6.45, 7) is 11.0. The van der Waals surface area contributed by atoms with Gasteiger partial charge in [0.1, 0.15) is 26.3 Å². The number of esters is 2. The van der Waals surface area contributed by atoms with Gasteiger partial charge in [-0.05, 0) is 6.92 Å². The van der Waals surface area contributed by atoms with E-state index in [0.29, 0.717) is 18.8 Å². The molecule has 0 aliphatic heterocycles. The summed E-state index contributed by atoms with van der Waals surface area (Å²) in [5, 5.41) is 0. The molecule has 0 amide bonds. The summed E-state index contributed by atoms with van der Waals surface area (Å²) in [5.74, 6) is -0.651. The normalized spacial score (nSPS) is 10.9. The Morgan fingerprint density at radius 1 is 0.913 bits per heavy atom. The first-order chi connectivity index (χ1) is 10.3. The van der Waals surface area contributed by atoms with Gasteiger partial charge in [0.25, 0.3) is 0 Å². The summed E-state index contributed by atoms with van der Waals surface area (Å²) in [4.78, 5) is 21.5. The molecule has 0 rings (SSSR count). The third-order valence-electron chi connectivity index (χ3n) is 2.52. The number of nitrogens with zero attached hydrogens (tertiary/aromatic N) is 2. The van der Waals surface area contributed by atoms with Crippen molar-refractivity contribution in [1.29, 1.82) is 0 Å². The van der Waals surface area contributed by atoms with Crippen LogP contribution in [-0.2, 0) is 19.1 Å². The van der Waals surface area contributed by atoms with E-state index in [2.05, 4.69) is 34.3 Å². The largest absolute Gasteiger partial charge is 0.457 e.